The largest absolute Gasteiger partial charge is 0.395 e. The van der Waals surface area contributed by atoms with Crippen LogP contribution in [0, 0.1) is 0 Å². The van der Waals surface area contributed by atoms with E-state index < -0.39 is 0 Å². The number of nitrogens with one attached hydrogen (secondary N) is 1. The lowest BCUT2D eigenvalue weighted by Gasteiger charge is -2.37. The third-order valence-corrected chi connectivity index (χ3v) is 4.40. The summed E-state index contributed by atoms with van der Waals surface area (Å²) in [4.78, 5) is 2.45. The van der Waals surface area contributed by atoms with Gasteiger partial charge in [0.25, 0.3) is 0 Å². The highest BCUT2D eigenvalue weighted by atomic mass is 16.3. The van der Waals surface area contributed by atoms with Crippen LogP contribution in [0.25, 0.3) is 0 Å². The van der Waals surface area contributed by atoms with Crippen LogP contribution in [0.15, 0.2) is 24.3 Å². The monoisotopic (exact) mass is 290 g/mol. The first-order valence-corrected chi connectivity index (χ1v) is 8.53. The van der Waals surface area contributed by atoms with E-state index >= 15 is 0 Å². The Hall–Kier alpha value is -1.06. The van der Waals surface area contributed by atoms with Crippen molar-refractivity contribution in [1.82, 2.24) is 5.32 Å². The molecule has 2 rings (SSSR count). The maximum Gasteiger partial charge on any atom is 0.0606 e. The van der Waals surface area contributed by atoms with Crippen molar-refractivity contribution in [2.24, 2.45) is 0 Å². The molecule has 3 heteroatoms. The average molecular weight is 290 g/mol. The van der Waals surface area contributed by atoms with Gasteiger partial charge in [-0.1, -0.05) is 44.4 Å². The summed E-state index contributed by atoms with van der Waals surface area (Å²) in [5.41, 5.74) is 2.66. The molecule has 1 aromatic rings. The lowest BCUT2D eigenvalue weighted by Crippen LogP contribution is -2.39. The molecule has 1 aliphatic rings. The first-order chi connectivity index (χ1) is 10.4. The summed E-state index contributed by atoms with van der Waals surface area (Å²) < 4.78 is 0. The lowest BCUT2D eigenvalue weighted by molar-refractivity contribution is 0.290. The molecular formula is C18H30N2O. The first kappa shape index (κ1) is 16.3. The standard InChI is InChI=1S/C18H30N2O/c1-2-12-19-15-16-8-6-7-11-18(16)20(13-14-21)17-9-4-3-5-10-17/h6-8,11,17,19,21H,2-5,9-10,12-15H2,1H3. The van der Waals surface area contributed by atoms with Gasteiger partial charge in [-0.3, -0.25) is 0 Å². The molecule has 0 atom stereocenters. The molecule has 1 fully saturated rings. The van der Waals surface area contributed by atoms with Crippen molar-refractivity contribution >= 4 is 5.69 Å². The zero-order valence-electron chi connectivity index (χ0n) is 13.4. The maximum atomic E-state index is 9.48. The van der Waals surface area contributed by atoms with Crippen molar-refractivity contribution in [3.8, 4) is 0 Å². The number of rotatable bonds is 8. The van der Waals surface area contributed by atoms with E-state index in [0.29, 0.717) is 6.04 Å². The summed E-state index contributed by atoms with van der Waals surface area (Å²) in [6, 6.07) is 9.26. The van der Waals surface area contributed by atoms with E-state index in [1.807, 2.05) is 0 Å². The van der Waals surface area contributed by atoms with Crippen molar-refractivity contribution in [1.29, 1.82) is 0 Å². The van der Waals surface area contributed by atoms with Crippen LogP contribution in [-0.2, 0) is 6.54 Å². The summed E-state index contributed by atoms with van der Waals surface area (Å²) in [6.45, 7) is 5.14. The van der Waals surface area contributed by atoms with Crippen LogP contribution in [0.3, 0.4) is 0 Å². The van der Waals surface area contributed by atoms with Gasteiger partial charge in [-0.15, -0.1) is 0 Å². The van der Waals surface area contributed by atoms with Gasteiger partial charge < -0.3 is 15.3 Å². The zero-order chi connectivity index (χ0) is 14.9. The SMILES string of the molecule is CCCNCc1ccccc1N(CCO)C1CCCCC1. The van der Waals surface area contributed by atoms with Crippen LogP contribution < -0.4 is 10.2 Å². The second-order valence-electron chi connectivity index (χ2n) is 6.01. The highest BCUT2D eigenvalue weighted by Crippen LogP contribution is 2.29. The molecule has 1 saturated carbocycles. The maximum absolute atomic E-state index is 9.48. The van der Waals surface area contributed by atoms with Gasteiger partial charge in [0.05, 0.1) is 6.61 Å². The highest BCUT2D eigenvalue weighted by molar-refractivity contribution is 5.54. The number of aliphatic hydroxyl groups is 1. The quantitative estimate of drug-likeness (QED) is 0.721. The van der Waals surface area contributed by atoms with Gasteiger partial charge in [0.15, 0.2) is 0 Å². The van der Waals surface area contributed by atoms with Crippen molar-refractivity contribution in [3.05, 3.63) is 29.8 Å². The smallest absolute Gasteiger partial charge is 0.0606 e. The van der Waals surface area contributed by atoms with Crippen molar-refractivity contribution < 1.29 is 5.11 Å². The van der Waals surface area contributed by atoms with Gasteiger partial charge in [0.1, 0.15) is 0 Å². The highest BCUT2D eigenvalue weighted by Gasteiger charge is 2.22. The van der Waals surface area contributed by atoms with Gasteiger partial charge >= 0.3 is 0 Å². The number of hydrogen-bond acceptors (Lipinski definition) is 3. The van der Waals surface area contributed by atoms with Crippen LogP contribution in [-0.4, -0.2) is 30.8 Å². The van der Waals surface area contributed by atoms with Gasteiger partial charge in [-0.25, -0.2) is 0 Å². The molecule has 1 aliphatic carbocycles. The Morgan fingerprint density at radius 2 is 1.95 bits per heavy atom. The Morgan fingerprint density at radius 3 is 2.67 bits per heavy atom. The molecule has 0 heterocycles. The van der Waals surface area contributed by atoms with Crippen LogP contribution >= 0.6 is 0 Å². The molecule has 0 bridgehead atoms. The molecule has 3 nitrogen and oxygen atoms in total. The van der Waals surface area contributed by atoms with Gasteiger partial charge in [0, 0.05) is 24.8 Å². The Kier molecular flexibility index (Phi) is 7.04. The molecule has 0 aromatic heterocycles. The molecule has 0 amide bonds. The Bertz CT molecular complexity index is 402. The first-order valence-electron chi connectivity index (χ1n) is 8.53. The van der Waals surface area contributed by atoms with Crippen LogP contribution in [0.4, 0.5) is 5.69 Å². The van der Waals surface area contributed by atoms with Crippen molar-refractivity contribution in [3.63, 3.8) is 0 Å². The third kappa shape index (κ3) is 4.72. The number of para-hydroxylation sites is 1. The molecule has 118 valence electrons. The predicted molar refractivity (Wildman–Crippen MR) is 89.7 cm³/mol. The minimum atomic E-state index is 0.229. The normalized spacial score (nSPS) is 16.1. The molecule has 0 radical (unpaired) electrons. The molecule has 0 saturated heterocycles. The van der Waals surface area contributed by atoms with E-state index in [-0.39, 0.29) is 6.61 Å². The fraction of sp³-hybridized carbons (Fsp3) is 0.667. The van der Waals surface area contributed by atoms with Crippen molar-refractivity contribution in [2.75, 3.05) is 24.6 Å². The number of hydrogen-bond donors (Lipinski definition) is 2. The van der Waals surface area contributed by atoms with E-state index in [1.165, 1.54) is 43.4 Å². The van der Waals surface area contributed by atoms with Crippen LogP contribution in [0.1, 0.15) is 51.0 Å². The third-order valence-electron chi connectivity index (χ3n) is 4.40. The van der Waals surface area contributed by atoms with Crippen molar-refractivity contribution in [2.45, 2.75) is 58.0 Å². The summed E-state index contributed by atoms with van der Waals surface area (Å²) in [5, 5.41) is 13.0. The number of nitrogens with zero attached hydrogens (tertiary/aromatic N) is 1. The molecule has 1 aromatic carbocycles. The van der Waals surface area contributed by atoms with Gasteiger partial charge in [-0.2, -0.15) is 0 Å². The molecule has 21 heavy (non-hydrogen) atoms. The van der Waals surface area contributed by atoms with E-state index in [9.17, 15) is 5.11 Å². The summed E-state index contributed by atoms with van der Waals surface area (Å²) in [5.74, 6) is 0. The second-order valence-corrected chi connectivity index (χ2v) is 6.01. The van der Waals surface area contributed by atoms with Crippen LogP contribution in [0.2, 0.25) is 0 Å². The van der Waals surface area contributed by atoms with E-state index in [4.69, 9.17) is 0 Å². The van der Waals surface area contributed by atoms with E-state index in [0.717, 1.165) is 26.1 Å². The van der Waals surface area contributed by atoms with Gasteiger partial charge in [0.2, 0.25) is 0 Å². The molecule has 2 N–H and O–H groups in total. The number of aliphatic hydroxyl groups excluding tert-OH is 1. The molecule has 0 aliphatic heterocycles. The average Bonchev–Trinajstić information content (AvgIpc) is 2.54. The minimum absolute atomic E-state index is 0.229. The predicted octanol–water partition coefficient (Wildman–Crippen LogP) is 3.32. The summed E-state index contributed by atoms with van der Waals surface area (Å²) >= 11 is 0. The van der Waals surface area contributed by atoms with E-state index in [2.05, 4.69) is 41.4 Å². The Labute approximate surface area is 129 Å². The fourth-order valence-electron chi connectivity index (χ4n) is 3.34. The topological polar surface area (TPSA) is 35.5 Å². The molecular weight excluding hydrogens is 260 g/mol. The molecule has 0 spiro atoms. The molecule has 0 unspecified atom stereocenters. The van der Waals surface area contributed by atoms with Gasteiger partial charge in [-0.05, 0) is 37.4 Å². The number of benzene rings is 1. The minimum Gasteiger partial charge on any atom is -0.395 e. The fourth-order valence-corrected chi connectivity index (χ4v) is 3.34. The Balaban J connectivity index is 2.14. The summed E-state index contributed by atoms with van der Waals surface area (Å²) in [6.07, 6.45) is 7.69. The zero-order valence-corrected chi connectivity index (χ0v) is 13.4. The van der Waals surface area contributed by atoms with E-state index in [1.54, 1.807) is 0 Å². The van der Waals surface area contributed by atoms with Crippen LogP contribution in [0.5, 0.6) is 0 Å². The number of anilines is 1. The Morgan fingerprint density at radius 1 is 1.19 bits per heavy atom. The second kappa shape index (κ2) is 9.06. The summed E-state index contributed by atoms with van der Waals surface area (Å²) in [7, 11) is 0. The lowest BCUT2D eigenvalue weighted by atomic mass is 9.93.